The van der Waals surface area contributed by atoms with E-state index in [9.17, 15) is 15.2 Å². The average Bonchev–Trinajstić information content (AvgIpc) is 2.66. The maximum absolute atomic E-state index is 10.8. The van der Waals surface area contributed by atoms with Crippen LogP contribution >= 0.6 is 0 Å². The molecule has 0 saturated heterocycles. The number of hydrogen-bond donors (Lipinski definition) is 1. The molecule has 3 aromatic carbocycles. The third kappa shape index (κ3) is 4.69. The molecule has 0 amide bonds. The molecule has 9 nitrogen and oxygen atoms in total. The van der Waals surface area contributed by atoms with Crippen molar-refractivity contribution in [1.29, 1.82) is 0 Å². The zero-order chi connectivity index (χ0) is 19.1. The Morgan fingerprint density at radius 1 is 0.852 bits per heavy atom. The molecule has 136 valence electrons. The Morgan fingerprint density at radius 3 is 2.30 bits per heavy atom. The smallest absolute Gasteiger partial charge is 0.299 e. The van der Waals surface area contributed by atoms with Gasteiger partial charge in [-0.25, -0.2) is 0 Å². The van der Waals surface area contributed by atoms with Gasteiger partial charge >= 0.3 is 0 Å². The molecule has 0 unspecified atom stereocenters. The fourth-order valence-electron chi connectivity index (χ4n) is 2.30. The zero-order valence-corrected chi connectivity index (χ0v) is 13.8. The first kappa shape index (κ1) is 17.7. The summed E-state index contributed by atoms with van der Waals surface area (Å²) >= 11 is 0. The van der Waals surface area contributed by atoms with Gasteiger partial charge in [-0.1, -0.05) is 42.5 Å². The molecule has 0 saturated carbocycles. The molecule has 0 fully saturated rings. The fourth-order valence-corrected chi connectivity index (χ4v) is 2.30. The van der Waals surface area contributed by atoms with Crippen molar-refractivity contribution < 1.29 is 24.7 Å². The molecular formula is C18H13N3O6. The van der Waals surface area contributed by atoms with Gasteiger partial charge in [-0.2, -0.15) is 0 Å². The largest absolute Gasteiger partial charge is 0.508 e. The predicted octanol–water partition coefficient (Wildman–Crippen LogP) is 4.37. The second-order valence-corrected chi connectivity index (χ2v) is 5.15. The Labute approximate surface area is 153 Å². The van der Waals surface area contributed by atoms with Gasteiger partial charge in [0.1, 0.15) is 11.5 Å². The van der Waals surface area contributed by atoms with Crippen molar-refractivity contribution in [3.63, 3.8) is 0 Å². The highest BCUT2D eigenvalue weighted by atomic mass is 17.0. The third-order valence-corrected chi connectivity index (χ3v) is 3.36. The number of nitrogens with zero attached hydrogens (tertiary/aromatic N) is 3. The molecule has 0 aromatic heterocycles. The highest BCUT2D eigenvalue weighted by molar-refractivity contribution is 5.76. The quantitative estimate of drug-likeness (QED) is 0.376. The Kier molecular flexibility index (Phi) is 5.43. The van der Waals surface area contributed by atoms with Crippen LogP contribution in [0, 0.1) is 10.1 Å². The van der Waals surface area contributed by atoms with Crippen LogP contribution in [0.4, 0.5) is 0 Å². The monoisotopic (exact) mass is 367 g/mol. The minimum Gasteiger partial charge on any atom is -0.508 e. The third-order valence-electron chi connectivity index (χ3n) is 3.36. The lowest BCUT2D eigenvalue weighted by atomic mass is 10.0. The number of aromatic hydroxyl groups is 1. The lowest BCUT2D eigenvalue weighted by Gasteiger charge is -2.11. The molecule has 3 aromatic rings. The van der Waals surface area contributed by atoms with E-state index in [0.717, 1.165) is 0 Å². The summed E-state index contributed by atoms with van der Waals surface area (Å²) in [6.45, 7) is 0. The number of benzene rings is 3. The number of phenolic OH excluding ortho intramolecular Hbond substituents is 1. The molecule has 3 rings (SSSR count). The van der Waals surface area contributed by atoms with E-state index >= 15 is 0 Å². The summed E-state index contributed by atoms with van der Waals surface area (Å²) < 4.78 is 0. The van der Waals surface area contributed by atoms with E-state index in [-0.39, 0.29) is 23.0 Å². The van der Waals surface area contributed by atoms with Gasteiger partial charge in [-0.3, -0.25) is 4.84 Å². The summed E-state index contributed by atoms with van der Waals surface area (Å²) in [4.78, 5) is 25.6. The van der Waals surface area contributed by atoms with Crippen LogP contribution in [-0.4, -0.2) is 10.2 Å². The molecule has 0 spiro atoms. The molecule has 1 N–H and O–H groups in total. The van der Waals surface area contributed by atoms with Crippen molar-refractivity contribution in [2.75, 3.05) is 0 Å². The Morgan fingerprint density at radius 2 is 1.56 bits per heavy atom. The zero-order valence-electron chi connectivity index (χ0n) is 13.8. The average molecular weight is 367 g/mol. The van der Waals surface area contributed by atoms with E-state index in [0.29, 0.717) is 11.1 Å². The normalized spacial score (nSPS) is 10.5. The van der Waals surface area contributed by atoms with Crippen LogP contribution < -0.4 is 14.5 Å². The predicted molar refractivity (Wildman–Crippen MR) is 93.7 cm³/mol. The van der Waals surface area contributed by atoms with Gasteiger partial charge in [0.25, 0.3) is 5.09 Å². The van der Waals surface area contributed by atoms with Gasteiger partial charge in [0.2, 0.25) is 0 Å². The van der Waals surface area contributed by atoms with Crippen molar-refractivity contribution >= 4 is 0 Å². The molecule has 0 atom stereocenters. The van der Waals surface area contributed by atoms with Crippen LogP contribution in [0.5, 0.6) is 23.0 Å². The van der Waals surface area contributed by atoms with Crippen molar-refractivity contribution in [1.82, 2.24) is 0 Å². The number of hydrogen-bond acceptors (Lipinski definition) is 8. The molecule has 9 heteroatoms. The van der Waals surface area contributed by atoms with Gasteiger partial charge < -0.3 is 14.8 Å². The molecule has 0 bridgehead atoms. The van der Waals surface area contributed by atoms with Crippen LogP contribution in [0.2, 0.25) is 0 Å². The van der Waals surface area contributed by atoms with Crippen LogP contribution in [0.15, 0.2) is 83.4 Å². The number of rotatable bonds is 7. The molecule has 0 radical (unpaired) electrons. The van der Waals surface area contributed by atoms with Crippen LogP contribution in [0.1, 0.15) is 0 Å². The maximum atomic E-state index is 10.8. The van der Waals surface area contributed by atoms with Gasteiger partial charge in [0.05, 0.1) is 16.1 Å². The van der Waals surface area contributed by atoms with Gasteiger partial charge in [0.15, 0.2) is 11.5 Å². The summed E-state index contributed by atoms with van der Waals surface area (Å²) in [7, 11) is 0. The molecule has 27 heavy (non-hydrogen) atoms. The van der Waals surface area contributed by atoms with Crippen LogP contribution in [0.3, 0.4) is 0 Å². The standard InChI is InChI=1S/C18H13N3O6/c22-14-8-4-9-15(12-14)25-19-20-26-16-10-5-11-17(27-21(23)24)18(16)13-6-2-1-3-7-13/h1-12,22H. The number of phenols is 1. The molecule has 0 heterocycles. The second kappa shape index (κ2) is 8.30. The first-order valence-electron chi connectivity index (χ1n) is 7.67. The van der Waals surface area contributed by atoms with Crippen molar-refractivity contribution in [2.45, 2.75) is 0 Å². The summed E-state index contributed by atoms with van der Waals surface area (Å²) in [6.07, 6.45) is 0. The topological polar surface area (TPSA) is 116 Å². The first-order chi connectivity index (χ1) is 13.1. The van der Waals surface area contributed by atoms with Gasteiger partial charge in [-0.05, 0) is 29.8 Å². The lowest BCUT2D eigenvalue weighted by Crippen LogP contribution is -2.05. The Bertz CT molecular complexity index is 962. The van der Waals surface area contributed by atoms with Crippen LogP contribution in [-0.2, 0) is 0 Å². The molecule has 0 aliphatic heterocycles. The highest BCUT2D eigenvalue weighted by Gasteiger charge is 2.15. The SMILES string of the molecule is O=[N+]([O-])Oc1cccc(ON=NOc2cccc(O)c2)c1-c1ccccc1. The first-order valence-corrected chi connectivity index (χ1v) is 7.67. The Hall–Kier alpha value is -4.14. The van der Waals surface area contributed by atoms with Gasteiger partial charge in [-0.15, -0.1) is 10.1 Å². The van der Waals surface area contributed by atoms with Crippen molar-refractivity contribution in [3.8, 4) is 34.1 Å². The van der Waals surface area contributed by atoms with Crippen LogP contribution in [0.25, 0.3) is 11.1 Å². The minimum absolute atomic E-state index is 0.00667. The van der Waals surface area contributed by atoms with E-state index < -0.39 is 5.09 Å². The highest BCUT2D eigenvalue weighted by Crippen LogP contribution is 2.38. The summed E-state index contributed by atoms with van der Waals surface area (Å²) in [5.74, 6) is 0.451. The van der Waals surface area contributed by atoms with Gasteiger partial charge in [0, 0.05) is 6.07 Å². The lowest BCUT2D eigenvalue weighted by molar-refractivity contribution is -0.710. The van der Waals surface area contributed by atoms with E-state index in [1.54, 1.807) is 42.5 Å². The fraction of sp³-hybridized carbons (Fsp3) is 0. The molecule has 0 aliphatic carbocycles. The van der Waals surface area contributed by atoms with Crippen molar-refractivity contribution in [2.24, 2.45) is 10.6 Å². The summed E-state index contributed by atoms with van der Waals surface area (Å²) in [5.41, 5.74) is 0.972. The van der Waals surface area contributed by atoms with E-state index in [1.807, 2.05) is 6.07 Å². The minimum atomic E-state index is -0.905. The molecular weight excluding hydrogens is 354 g/mol. The Balaban J connectivity index is 1.84. The maximum Gasteiger partial charge on any atom is 0.299 e. The summed E-state index contributed by atoms with van der Waals surface area (Å²) in [5, 5.41) is 26.1. The van der Waals surface area contributed by atoms with E-state index in [4.69, 9.17) is 9.68 Å². The summed E-state index contributed by atoms with van der Waals surface area (Å²) in [6, 6.07) is 19.3. The van der Waals surface area contributed by atoms with E-state index in [2.05, 4.69) is 15.4 Å². The van der Waals surface area contributed by atoms with E-state index in [1.165, 1.54) is 24.3 Å². The van der Waals surface area contributed by atoms with Crippen molar-refractivity contribution in [3.05, 3.63) is 82.9 Å². The second-order valence-electron chi connectivity index (χ2n) is 5.15. The molecule has 0 aliphatic rings.